The van der Waals surface area contributed by atoms with E-state index in [2.05, 4.69) is 0 Å². The summed E-state index contributed by atoms with van der Waals surface area (Å²) in [5.41, 5.74) is 8.89. The molecule has 2 N–H and O–H groups in total. The second-order valence-electron chi connectivity index (χ2n) is 5.89. The lowest BCUT2D eigenvalue weighted by molar-refractivity contribution is -0.119. The lowest BCUT2D eigenvalue weighted by atomic mass is 9.86. The van der Waals surface area contributed by atoms with Crippen LogP contribution in [0, 0.1) is 5.92 Å². The zero-order valence-corrected chi connectivity index (χ0v) is 11.4. The fraction of sp³-hybridized carbons (Fsp3) is 0.562. The van der Waals surface area contributed by atoms with Gasteiger partial charge >= 0.3 is 0 Å². The fourth-order valence-electron chi connectivity index (χ4n) is 3.43. The van der Waals surface area contributed by atoms with Crippen molar-refractivity contribution in [1.82, 2.24) is 0 Å². The van der Waals surface area contributed by atoms with Crippen LogP contribution in [-0.2, 0) is 11.2 Å². The van der Waals surface area contributed by atoms with Gasteiger partial charge in [0.05, 0.1) is 0 Å². The van der Waals surface area contributed by atoms with E-state index in [4.69, 9.17) is 5.73 Å². The molecule has 0 aromatic heterocycles. The minimum absolute atomic E-state index is 0.301. The van der Waals surface area contributed by atoms with Gasteiger partial charge in [-0.3, -0.25) is 4.79 Å². The fourth-order valence-corrected chi connectivity index (χ4v) is 3.43. The van der Waals surface area contributed by atoms with Crippen LogP contribution in [0.15, 0.2) is 18.2 Å². The van der Waals surface area contributed by atoms with Crippen LogP contribution in [0.25, 0.3) is 0 Å². The Hall–Kier alpha value is -1.51. The molecule has 19 heavy (non-hydrogen) atoms. The first-order valence-electron chi connectivity index (χ1n) is 7.43. The highest BCUT2D eigenvalue weighted by Gasteiger charge is 2.27. The van der Waals surface area contributed by atoms with Gasteiger partial charge in [-0.25, -0.2) is 0 Å². The van der Waals surface area contributed by atoms with Crippen molar-refractivity contribution in [2.24, 2.45) is 5.92 Å². The monoisotopic (exact) mass is 258 g/mol. The summed E-state index contributed by atoms with van der Waals surface area (Å²) < 4.78 is 0. The third-order valence-electron chi connectivity index (χ3n) is 4.49. The predicted octanol–water partition coefficient (Wildman–Crippen LogP) is 3.13. The molecule has 1 aromatic carbocycles. The van der Waals surface area contributed by atoms with Crippen LogP contribution in [0.4, 0.5) is 11.4 Å². The quantitative estimate of drug-likeness (QED) is 0.828. The molecule has 3 rings (SSSR count). The molecule has 2 aliphatic rings. The topological polar surface area (TPSA) is 46.3 Å². The Kier molecular flexibility index (Phi) is 3.45. The van der Waals surface area contributed by atoms with Crippen LogP contribution in [0.1, 0.15) is 44.1 Å². The Balaban J connectivity index is 1.69. The molecule has 0 radical (unpaired) electrons. The maximum Gasteiger partial charge on any atom is 0.227 e. The number of fused-ring (bicyclic) bond motifs is 1. The molecule has 0 spiro atoms. The van der Waals surface area contributed by atoms with Gasteiger partial charge < -0.3 is 10.6 Å². The number of nitrogens with zero attached hydrogens (tertiary/aromatic N) is 1. The summed E-state index contributed by atoms with van der Waals surface area (Å²) in [5, 5.41) is 0. The van der Waals surface area contributed by atoms with Gasteiger partial charge in [0.1, 0.15) is 0 Å². The molecular formula is C16H22N2O. The summed E-state index contributed by atoms with van der Waals surface area (Å²) in [7, 11) is 0. The number of hydrogen-bond acceptors (Lipinski definition) is 2. The molecule has 1 heterocycles. The van der Waals surface area contributed by atoms with Crippen molar-refractivity contribution in [3.63, 3.8) is 0 Å². The number of hydrogen-bond donors (Lipinski definition) is 1. The number of benzene rings is 1. The molecule has 0 unspecified atom stereocenters. The van der Waals surface area contributed by atoms with Gasteiger partial charge in [-0.2, -0.15) is 0 Å². The van der Waals surface area contributed by atoms with Crippen LogP contribution in [-0.4, -0.2) is 12.5 Å². The second kappa shape index (κ2) is 5.24. The van der Waals surface area contributed by atoms with E-state index in [-0.39, 0.29) is 0 Å². The Labute approximate surface area is 114 Å². The highest BCUT2D eigenvalue weighted by atomic mass is 16.2. The normalized spacial score (nSPS) is 19.5. The first-order chi connectivity index (χ1) is 9.24. The van der Waals surface area contributed by atoms with Crippen LogP contribution in [0.2, 0.25) is 0 Å². The largest absolute Gasteiger partial charge is 0.399 e. The van der Waals surface area contributed by atoms with E-state index in [9.17, 15) is 4.79 Å². The van der Waals surface area contributed by atoms with E-state index >= 15 is 0 Å². The molecule has 1 saturated carbocycles. The van der Waals surface area contributed by atoms with E-state index in [1.807, 2.05) is 23.1 Å². The summed E-state index contributed by atoms with van der Waals surface area (Å²) in [6.45, 7) is 0.824. The number of nitrogens with two attached hydrogens (primary N) is 1. The van der Waals surface area contributed by atoms with Crippen molar-refractivity contribution in [3.05, 3.63) is 23.8 Å². The molecule has 1 aliphatic carbocycles. The number of amides is 1. The standard InChI is InChI=1S/C16H22N2O/c17-14-6-7-15-13(11-14)8-9-18(15)16(19)10-12-4-2-1-3-5-12/h6-7,11-12H,1-5,8-10,17H2. The zero-order valence-electron chi connectivity index (χ0n) is 11.4. The van der Waals surface area contributed by atoms with E-state index < -0.39 is 0 Å². The average molecular weight is 258 g/mol. The van der Waals surface area contributed by atoms with Gasteiger partial charge in [0, 0.05) is 24.3 Å². The highest BCUT2D eigenvalue weighted by molar-refractivity contribution is 5.95. The summed E-state index contributed by atoms with van der Waals surface area (Å²) in [4.78, 5) is 14.4. The number of rotatable bonds is 2. The molecule has 102 valence electrons. The van der Waals surface area contributed by atoms with Crippen LogP contribution >= 0.6 is 0 Å². The van der Waals surface area contributed by atoms with Gasteiger partial charge in [0.25, 0.3) is 0 Å². The van der Waals surface area contributed by atoms with Crippen LogP contribution in [0.3, 0.4) is 0 Å². The Morgan fingerprint density at radius 3 is 2.84 bits per heavy atom. The van der Waals surface area contributed by atoms with E-state index in [0.29, 0.717) is 11.8 Å². The number of nitrogen functional groups attached to an aromatic ring is 1. The smallest absolute Gasteiger partial charge is 0.227 e. The summed E-state index contributed by atoms with van der Waals surface area (Å²) in [5.74, 6) is 0.912. The molecule has 3 heteroatoms. The highest BCUT2D eigenvalue weighted by Crippen LogP contribution is 2.32. The lowest BCUT2D eigenvalue weighted by Crippen LogP contribution is -2.30. The maximum absolute atomic E-state index is 12.5. The molecule has 0 bridgehead atoms. The van der Waals surface area contributed by atoms with Gasteiger partial charge in [-0.15, -0.1) is 0 Å². The number of carbonyl (C=O) groups excluding carboxylic acids is 1. The molecule has 1 aromatic rings. The minimum atomic E-state index is 0.301. The first-order valence-corrected chi connectivity index (χ1v) is 7.43. The third kappa shape index (κ3) is 2.60. The maximum atomic E-state index is 12.5. The van der Waals surface area contributed by atoms with Crippen LogP contribution < -0.4 is 10.6 Å². The van der Waals surface area contributed by atoms with Crippen molar-refractivity contribution < 1.29 is 4.79 Å². The number of anilines is 2. The minimum Gasteiger partial charge on any atom is -0.399 e. The average Bonchev–Trinajstić information content (AvgIpc) is 2.82. The van der Waals surface area contributed by atoms with E-state index in [0.717, 1.165) is 30.8 Å². The summed E-state index contributed by atoms with van der Waals surface area (Å²) >= 11 is 0. The molecule has 1 aliphatic heterocycles. The second-order valence-corrected chi connectivity index (χ2v) is 5.89. The number of carbonyl (C=O) groups is 1. The van der Waals surface area contributed by atoms with Gasteiger partial charge in [0.15, 0.2) is 0 Å². The molecule has 0 atom stereocenters. The van der Waals surface area contributed by atoms with Crippen molar-refractivity contribution >= 4 is 17.3 Å². The van der Waals surface area contributed by atoms with Gasteiger partial charge in [-0.1, -0.05) is 19.3 Å². The van der Waals surface area contributed by atoms with Crippen molar-refractivity contribution in [1.29, 1.82) is 0 Å². The van der Waals surface area contributed by atoms with Crippen molar-refractivity contribution in [2.45, 2.75) is 44.9 Å². The molecule has 0 saturated heterocycles. The SMILES string of the molecule is Nc1ccc2c(c1)CCN2C(=O)CC1CCCCC1. The molecular weight excluding hydrogens is 236 g/mol. The van der Waals surface area contributed by atoms with E-state index in [1.165, 1.54) is 37.7 Å². The predicted molar refractivity (Wildman–Crippen MR) is 78.1 cm³/mol. The summed E-state index contributed by atoms with van der Waals surface area (Å²) in [6, 6.07) is 5.89. The Bertz CT molecular complexity index is 478. The molecule has 1 fully saturated rings. The first kappa shape index (κ1) is 12.5. The van der Waals surface area contributed by atoms with Gasteiger partial charge in [-0.05, 0) is 48.9 Å². The zero-order chi connectivity index (χ0) is 13.2. The Morgan fingerprint density at radius 2 is 2.05 bits per heavy atom. The molecule has 3 nitrogen and oxygen atoms in total. The van der Waals surface area contributed by atoms with Gasteiger partial charge in [0.2, 0.25) is 5.91 Å². The lowest BCUT2D eigenvalue weighted by Gasteiger charge is -2.24. The van der Waals surface area contributed by atoms with Crippen molar-refractivity contribution in [3.8, 4) is 0 Å². The molecule has 1 amide bonds. The van der Waals surface area contributed by atoms with E-state index in [1.54, 1.807) is 0 Å². The van der Waals surface area contributed by atoms with Crippen LogP contribution in [0.5, 0.6) is 0 Å². The Morgan fingerprint density at radius 1 is 1.26 bits per heavy atom. The van der Waals surface area contributed by atoms with Crippen molar-refractivity contribution in [2.75, 3.05) is 17.2 Å². The third-order valence-corrected chi connectivity index (χ3v) is 4.49. The summed E-state index contributed by atoms with van der Waals surface area (Å²) in [6.07, 6.45) is 8.07.